The highest BCUT2D eigenvalue weighted by atomic mass is 19.4. The summed E-state index contributed by atoms with van der Waals surface area (Å²) in [6, 6.07) is 14.5. The molecule has 0 aromatic heterocycles. The van der Waals surface area contributed by atoms with Crippen LogP contribution in [0.3, 0.4) is 0 Å². The lowest BCUT2D eigenvalue weighted by Gasteiger charge is -2.31. The maximum Gasteiger partial charge on any atom is 0.435 e. The van der Waals surface area contributed by atoms with Crippen molar-refractivity contribution in [3.63, 3.8) is 0 Å². The fourth-order valence-corrected chi connectivity index (χ4v) is 4.36. The van der Waals surface area contributed by atoms with Crippen LogP contribution >= 0.6 is 0 Å². The second-order valence-electron chi connectivity index (χ2n) is 9.36. The molecule has 3 aromatic carbocycles. The molecule has 3 rings (SSSR count). The average molecular weight is 584 g/mol. The summed E-state index contributed by atoms with van der Waals surface area (Å²) in [6.45, 7) is 2.13. The highest BCUT2D eigenvalue weighted by Gasteiger charge is 2.73. The number of Topliss-reactive ketones (excluding diaryl/α,β-unsaturated/α-hetero) is 1. The van der Waals surface area contributed by atoms with Gasteiger partial charge in [0.25, 0.3) is 5.91 Å². The number of amides is 1. The summed E-state index contributed by atoms with van der Waals surface area (Å²) in [5.41, 5.74) is -6.91. The molecule has 0 saturated carbocycles. The van der Waals surface area contributed by atoms with Gasteiger partial charge < -0.3 is 10.0 Å². The van der Waals surface area contributed by atoms with Gasteiger partial charge in [0.05, 0.1) is 6.42 Å². The molecule has 3 aromatic rings. The fraction of sp³-hybridized carbons (Fsp3) is 0.276. The van der Waals surface area contributed by atoms with Crippen LogP contribution in [0, 0.1) is 13.8 Å². The molecule has 12 heteroatoms. The van der Waals surface area contributed by atoms with Crippen LogP contribution in [-0.2, 0) is 16.9 Å². The van der Waals surface area contributed by atoms with E-state index in [1.54, 1.807) is 18.2 Å². The first-order chi connectivity index (χ1) is 19.0. The van der Waals surface area contributed by atoms with Crippen molar-refractivity contribution in [2.45, 2.75) is 44.7 Å². The van der Waals surface area contributed by atoms with Crippen LogP contribution in [0.25, 0.3) is 0 Å². The minimum Gasteiger partial charge on any atom is -0.481 e. The van der Waals surface area contributed by atoms with Gasteiger partial charge in [0.2, 0.25) is 0 Å². The molecule has 0 heterocycles. The number of hydrogen-bond donors (Lipinski definition) is 1. The number of aryl methyl sites for hydroxylation is 2. The first-order valence-corrected chi connectivity index (χ1v) is 12.1. The molecule has 0 aliphatic rings. The second-order valence-corrected chi connectivity index (χ2v) is 9.36. The van der Waals surface area contributed by atoms with E-state index in [4.69, 9.17) is 5.11 Å². The van der Waals surface area contributed by atoms with Crippen LogP contribution in [0.5, 0.6) is 0 Å². The van der Waals surface area contributed by atoms with E-state index in [1.165, 1.54) is 55.1 Å². The van der Waals surface area contributed by atoms with Crippen molar-refractivity contribution >= 4 is 23.3 Å². The van der Waals surface area contributed by atoms with Crippen LogP contribution in [0.2, 0.25) is 0 Å². The fourth-order valence-electron chi connectivity index (χ4n) is 4.36. The molecule has 0 aliphatic carbocycles. The Kier molecular flexibility index (Phi) is 8.95. The summed E-state index contributed by atoms with van der Waals surface area (Å²) in [7, 11) is 0. The number of alkyl halides is 7. The number of carboxylic acids is 1. The molecule has 0 aliphatic heterocycles. The van der Waals surface area contributed by atoms with E-state index < -0.39 is 54.1 Å². The third kappa shape index (κ3) is 6.58. The summed E-state index contributed by atoms with van der Waals surface area (Å²) in [5, 5.41) is 9.14. The Hall–Kier alpha value is -4.22. The van der Waals surface area contributed by atoms with Crippen LogP contribution < -0.4 is 4.90 Å². The van der Waals surface area contributed by atoms with Gasteiger partial charge in [-0.1, -0.05) is 42.5 Å². The molecule has 0 fully saturated rings. The molecule has 0 radical (unpaired) electrons. The van der Waals surface area contributed by atoms with E-state index in [-0.39, 0.29) is 40.0 Å². The van der Waals surface area contributed by atoms with Crippen molar-refractivity contribution in [3.05, 3.63) is 100 Å². The first-order valence-electron chi connectivity index (χ1n) is 12.1. The van der Waals surface area contributed by atoms with Crippen molar-refractivity contribution in [3.8, 4) is 0 Å². The summed E-state index contributed by atoms with van der Waals surface area (Å²) in [5.74, 6) is -2.28. The predicted molar refractivity (Wildman–Crippen MR) is 136 cm³/mol. The summed E-state index contributed by atoms with van der Waals surface area (Å²) >= 11 is 0. The smallest absolute Gasteiger partial charge is 0.435 e. The highest BCUT2D eigenvalue weighted by molar-refractivity contribution is 6.07. The summed E-state index contributed by atoms with van der Waals surface area (Å²) in [4.78, 5) is 38.7. The van der Waals surface area contributed by atoms with E-state index in [9.17, 15) is 45.1 Å². The van der Waals surface area contributed by atoms with E-state index in [1.807, 2.05) is 0 Å². The number of anilines is 1. The molecule has 1 N–H and O–H groups in total. The SMILES string of the molecule is Cc1cc(C(F)(C(F)(F)F)C(F)(F)F)cc(C)c1CC(=O)c1cccc(N(CCC(=O)O)C(=O)c2ccccc2)c1. The zero-order chi connectivity index (χ0) is 30.8. The Balaban J connectivity index is 1.96. The molecule has 1 amide bonds. The predicted octanol–water partition coefficient (Wildman–Crippen LogP) is 7.14. The Morgan fingerprint density at radius 1 is 0.756 bits per heavy atom. The van der Waals surface area contributed by atoms with Crippen molar-refractivity contribution < 1.29 is 50.2 Å². The highest BCUT2D eigenvalue weighted by Crippen LogP contribution is 2.53. The van der Waals surface area contributed by atoms with E-state index in [0.717, 1.165) is 0 Å². The molecule has 0 spiro atoms. The number of carbonyl (C=O) groups excluding carboxylic acids is 2. The second kappa shape index (κ2) is 11.7. The lowest BCUT2D eigenvalue weighted by molar-refractivity contribution is -0.348. The van der Waals surface area contributed by atoms with Crippen LogP contribution in [0.1, 0.15) is 49.4 Å². The van der Waals surface area contributed by atoms with E-state index >= 15 is 0 Å². The van der Waals surface area contributed by atoms with Crippen LogP contribution in [-0.4, -0.2) is 41.7 Å². The first kappa shape index (κ1) is 31.3. The van der Waals surface area contributed by atoms with E-state index in [0.29, 0.717) is 12.1 Å². The van der Waals surface area contributed by atoms with Crippen molar-refractivity contribution in [1.29, 1.82) is 0 Å². The lowest BCUT2D eigenvalue weighted by Crippen LogP contribution is -2.50. The maximum atomic E-state index is 14.6. The Morgan fingerprint density at radius 2 is 1.29 bits per heavy atom. The molecule has 41 heavy (non-hydrogen) atoms. The van der Waals surface area contributed by atoms with Gasteiger partial charge in [0, 0.05) is 35.3 Å². The number of carbonyl (C=O) groups is 3. The standard InChI is InChI=1S/C29H24F7NO4/c1-17-13-21(27(30,28(31,32)33)29(34,35)36)14-18(2)23(17)16-24(38)20-9-6-10-22(15-20)37(12-11-25(39)40)26(41)19-7-4-3-5-8-19/h3-10,13-15H,11-12,16H2,1-2H3,(H,39,40). The maximum absolute atomic E-state index is 14.6. The summed E-state index contributed by atoms with van der Waals surface area (Å²) in [6.07, 6.45) is -13.4. The van der Waals surface area contributed by atoms with Gasteiger partial charge in [-0.2, -0.15) is 26.3 Å². The zero-order valence-corrected chi connectivity index (χ0v) is 21.7. The average Bonchev–Trinajstić information content (AvgIpc) is 2.89. The van der Waals surface area contributed by atoms with Gasteiger partial charge >= 0.3 is 24.0 Å². The van der Waals surface area contributed by atoms with Gasteiger partial charge in [-0.25, -0.2) is 4.39 Å². The summed E-state index contributed by atoms with van der Waals surface area (Å²) < 4.78 is 94.0. The number of aliphatic carboxylic acids is 1. The minimum absolute atomic E-state index is 0.0528. The van der Waals surface area contributed by atoms with Crippen molar-refractivity contribution in [2.24, 2.45) is 0 Å². The Bertz CT molecular complexity index is 1410. The molecule has 0 atom stereocenters. The number of halogens is 7. The molecule has 5 nitrogen and oxygen atoms in total. The third-order valence-electron chi connectivity index (χ3n) is 6.51. The molecule has 218 valence electrons. The minimum atomic E-state index is -6.27. The number of benzene rings is 3. The molecular formula is C29H24F7NO4. The number of nitrogens with zero attached hydrogens (tertiary/aromatic N) is 1. The Morgan fingerprint density at radius 3 is 1.80 bits per heavy atom. The molecule has 0 saturated heterocycles. The zero-order valence-electron chi connectivity index (χ0n) is 21.7. The topological polar surface area (TPSA) is 74.7 Å². The van der Waals surface area contributed by atoms with E-state index in [2.05, 4.69) is 0 Å². The van der Waals surface area contributed by atoms with Gasteiger partial charge in [0.1, 0.15) is 0 Å². The monoisotopic (exact) mass is 583 g/mol. The quantitative estimate of drug-likeness (QED) is 0.215. The number of hydrogen-bond acceptors (Lipinski definition) is 3. The number of carboxylic acid groups (broad SMARTS) is 1. The van der Waals surface area contributed by atoms with Crippen molar-refractivity contribution in [2.75, 3.05) is 11.4 Å². The largest absolute Gasteiger partial charge is 0.481 e. The molecule has 0 bridgehead atoms. The number of ketones is 1. The molecular weight excluding hydrogens is 559 g/mol. The molecule has 0 unspecified atom stereocenters. The van der Waals surface area contributed by atoms with Gasteiger partial charge in [0.15, 0.2) is 5.78 Å². The van der Waals surface area contributed by atoms with Gasteiger partial charge in [-0.3, -0.25) is 14.4 Å². The third-order valence-corrected chi connectivity index (χ3v) is 6.51. The van der Waals surface area contributed by atoms with Gasteiger partial charge in [-0.15, -0.1) is 0 Å². The van der Waals surface area contributed by atoms with Crippen LogP contribution in [0.4, 0.5) is 36.4 Å². The van der Waals surface area contributed by atoms with Crippen molar-refractivity contribution in [1.82, 2.24) is 0 Å². The number of rotatable bonds is 9. The normalized spacial score (nSPS) is 12.2. The van der Waals surface area contributed by atoms with Crippen LogP contribution in [0.15, 0.2) is 66.7 Å². The lowest BCUT2D eigenvalue weighted by atomic mass is 9.87. The Labute approximate surface area is 230 Å². The van der Waals surface area contributed by atoms with Gasteiger partial charge in [-0.05, 0) is 54.8 Å².